The van der Waals surface area contributed by atoms with Crippen LogP contribution in [-0.4, -0.2) is 29.7 Å². The van der Waals surface area contributed by atoms with Crippen LogP contribution in [-0.2, 0) is 4.74 Å². The van der Waals surface area contributed by atoms with Crippen LogP contribution in [0.2, 0.25) is 0 Å². The number of likely N-dealkylation sites (tertiary alicyclic amines) is 1. The molecule has 0 spiro atoms. The van der Waals surface area contributed by atoms with E-state index in [4.69, 9.17) is 4.74 Å². The first-order valence-corrected chi connectivity index (χ1v) is 7.58. The minimum Gasteiger partial charge on any atom is -0.444 e. The summed E-state index contributed by atoms with van der Waals surface area (Å²) < 4.78 is 18.2. The summed E-state index contributed by atoms with van der Waals surface area (Å²) in [4.78, 5) is 13.8. The summed E-state index contributed by atoms with van der Waals surface area (Å²) in [6, 6.07) is 6.13. The molecular weight excluding hydrogens is 281 g/mol. The molecule has 1 saturated heterocycles. The molecule has 0 bridgehead atoms. The number of benzene rings is 1. The molecule has 0 aromatic heterocycles. The second-order valence-corrected chi connectivity index (χ2v) is 6.54. The molecule has 2 rings (SSSR count). The van der Waals surface area contributed by atoms with Crippen molar-refractivity contribution in [3.8, 4) is 11.8 Å². The Morgan fingerprint density at radius 3 is 2.64 bits per heavy atom. The van der Waals surface area contributed by atoms with E-state index in [1.165, 1.54) is 12.1 Å². The van der Waals surface area contributed by atoms with Gasteiger partial charge in [-0.05, 0) is 57.9 Å². The number of carbonyl (C=O) groups is 1. The summed E-state index contributed by atoms with van der Waals surface area (Å²) in [7, 11) is 0. The van der Waals surface area contributed by atoms with Gasteiger partial charge in [-0.3, -0.25) is 0 Å². The molecule has 0 radical (unpaired) electrons. The maximum Gasteiger partial charge on any atom is 0.410 e. The van der Waals surface area contributed by atoms with Gasteiger partial charge in [0.25, 0.3) is 0 Å². The smallest absolute Gasteiger partial charge is 0.410 e. The average Bonchev–Trinajstić information content (AvgIpc) is 2.45. The third kappa shape index (κ3) is 5.07. The van der Waals surface area contributed by atoms with Gasteiger partial charge in [-0.25, -0.2) is 9.18 Å². The van der Waals surface area contributed by atoms with Gasteiger partial charge < -0.3 is 9.64 Å². The van der Waals surface area contributed by atoms with E-state index in [9.17, 15) is 9.18 Å². The number of piperidine rings is 1. The van der Waals surface area contributed by atoms with E-state index in [1.807, 2.05) is 20.8 Å². The molecule has 1 unspecified atom stereocenters. The van der Waals surface area contributed by atoms with Gasteiger partial charge in [-0.15, -0.1) is 0 Å². The number of amides is 1. The Labute approximate surface area is 131 Å². The van der Waals surface area contributed by atoms with Crippen LogP contribution in [0.3, 0.4) is 0 Å². The molecular formula is C18H22FNO2. The van der Waals surface area contributed by atoms with Crippen LogP contribution in [0.5, 0.6) is 0 Å². The maximum atomic E-state index is 12.9. The lowest BCUT2D eigenvalue weighted by Crippen LogP contribution is -2.42. The SMILES string of the molecule is CC(C)(C)OC(=O)N1CCCC(C#Cc2ccc(F)cc2)C1. The van der Waals surface area contributed by atoms with Crippen LogP contribution in [0.25, 0.3) is 0 Å². The summed E-state index contributed by atoms with van der Waals surface area (Å²) in [5, 5.41) is 0. The number of ether oxygens (including phenoxy) is 1. The Hall–Kier alpha value is -2.02. The second-order valence-electron chi connectivity index (χ2n) is 6.54. The molecule has 1 fully saturated rings. The molecule has 3 nitrogen and oxygen atoms in total. The first kappa shape index (κ1) is 16.4. The molecule has 1 aliphatic rings. The topological polar surface area (TPSA) is 29.5 Å². The lowest BCUT2D eigenvalue weighted by Gasteiger charge is -2.32. The van der Waals surface area contributed by atoms with Crippen molar-refractivity contribution < 1.29 is 13.9 Å². The molecule has 1 aromatic rings. The van der Waals surface area contributed by atoms with Crippen molar-refractivity contribution in [2.45, 2.75) is 39.2 Å². The molecule has 1 aliphatic heterocycles. The molecule has 1 amide bonds. The summed E-state index contributed by atoms with van der Waals surface area (Å²) >= 11 is 0. The van der Waals surface area contributed by atoms with E-state index in [0.717, 1.165) is 18.4 Å². The molecule has 22 heavy (non-hydrogen) atoms. The van der Waals surface area contributed by atoms with E-state index in [2.05, 4.69) is 11.8 Å². The van der Waals surface area contributed by atoms with Gasteiger partial charge in [0.05, 0.1) is 0 Å². The number of hydrogen-bond acceptors (Lipinski definition) is 2. The zero-order chi connectivity index (χ0) is 16.2. The molecule has 1 atom stereocenters. The molecule has 1 aromatic carbocycles. The Balaban J connectivity index is 1.96. The summed E-state index contributed by atoms with van der Waals surface area (Å²) in [6.07, 6.45) is 1.61. The molecule has 0 N–H and O–H groups in total. The maximum absolute atomic E-state index is 12.9. The van der Waals surface area contributed by atoms with Crippen LogP contribution >= 0.6 is 0 Å². The summed E-state index contributed by atoms with van der Waals surface area (Å²) in [6.45, 7) is 6.88. The third-order valence-corrected chi connectivity index (χ3v) is 3.34. The lowest BCUT2D eigenvalue weighted by atomic mass is 9.98. The minimum absolute atomic E-state index is 0.131. The van der Waals surface area contributed by atoms with E-state index in [0.29, 0.717) is 13.1 Å². The van der Waals surface area contributed by atoms with Gasteiger partial charge in [0.2, 0.25) is 0 Å². The largest absolute Gasteiger partial charge is 0.444 e. The monoisotopic (exact) mass is 303 g/mol. The fraction of sp³-hybridized carbons (Fsp3) is 0.500. The molecule has 1 heterocycles. The standard InChI is InChI=1S/C18H22FNO2/c1-18(2,3)22-17(21)20-12-4-5-15(13-20)7-6-14-8-10-16(19)11-9-14/h8-11,15H,4-5,12-13H2,1-3H3. The number of carbonyl (C=O) groups excluding carboxylic acids is 1. The van der Waals surface area contributed by atoms with E-state index < -0.39 is 5.60 Å². The Bertz CT molecular complexity index is 578. The normalized spacial score (nSPS) is 18.4. The minimum atomic E-state index is -0.482. The van der Waals surface area contributed by atoms with Crippen molar-refractivity contribution in [1.29, 1.82) is 0 Å². The zero-order valence-corrected chi connectivity index (χ0v) is 13.4. The fourth-order valence-corrected chi connectivity index (χ4v) is 2.31. The predicted molar refractivity (Wildman–Crippen MR) is 83.8 cm³/mol. The van der Waals surface area contributed by atoms with Crippen molar-refractivity contribution in [1.82, 2.24) is 4.90 Å². The first-order valence-electron chi connectivity index (χ1n) is 7.58. The van der Waals surface area contributed by atoms with Gasteiger partial charge in [0.15, 0.2) is 0 Å². The third-order valence-electron chi connectivity index (χ3n) is 3.34. The van der Waals surface area contributed by atoms with Crippen molar-refractivity contribution in [2.75, 3.05) is 13.1 Å². The van der Waals surface area contributed by atoms with Crippen molar-refractivity contribution in [3.05, 3.63) is 35.6 Å². The average molecular weight is 303 g/mol. The van der Waals surface area contributed by atoms with Crippen LogP contribution in [0.15, 0.2) is 24.3 Å². The number of rotatable bonds is 0. The molecule has 0 saturated carbocycles. The zero-order valence-electron chi connectivity index (χ0n) is 13.4. The molecule has 0 aliphatic carbocycles. The Kier molecular flexibility index (Phi) is 5.07. The summed E-state index contributed by atoms with van der Waals surface area (Å²) in [5.41, 5.74) is 0.305. The van der Waals surface area contributed by atoms with Crippen LogP contribution in [0.4, 0.5) is 9.18 Å². The number of hydrogen-bond donors (Lipinski definition) is 0. The Morgan fingerprint density at radius 2 is 2.00 bits per heavy atom. The van der Waals surface area contributed by atoms with Gasteiger partial charge >= 0.3 is 6.09 Å². The van der Waals surface area contributed by atoms with Crippen molar-refractivity contribution in [3.63, 3.8) is 0 Å². The number of halogens is 1. The van der Waals surface area contributed by atoms with Gasteiger partial charge in [-0.2, -0.15) is 0 Å². The quantitative estimate of drug-likeness (QED) is 0.682. The molecule has 4 heteroatoms. The van der Waals surface area contributed by atoms with Gasteiger partial charge in [-0.1, -0.05) is 11.8 Å². The van der Waals surface area contributed by atoms with Gasteiger partial charge in [0.1, 0.15) is 11.4 Å². The van der Waals surface area contributed by atoms with E-state index in [1.54, 1.807) is 17.0 Å². The summed E-state index contributed by atoms with van der Waals surface area (Å²) in [5.74, 6) is 6.10. The van der Waals surface area contributed by atoms with E-state index in [-0.39, 0.29) is 17.8 Å². The van der Waals surface area contributed by atoms with Crippen LogP contribution in [0, 0.1) is 23.6 Å². The van der Waals surface area contributed by atoms with Gasteiger partial charge in [0, 0.05) is 24.6 Å². The highest BCUT2D eigenvalue weighted by molar-refractivity contribution is 5.68. The highest BCUT2D eigenvalue weighted by Crippen LogP contribution is 2.19. The fourth-order valence-electron chi connectivity index (χ4n) is 2.31. The van der Waals surface area contributed by atoms with Crippen molar-refractivity contribution >= 4 is 6.09 Å². The molecule has 118 valence electrons. The highest BCUT2D eigenvalue weighted by Gasteiger charge is 2.26. The first-order chi connectivity index (χ1) is 10.3. The predicted octanol–water partition coefficient (Wildman–Crippen LogP) is 3.82. The lowest BCUT2D eigenvalue weighted by molar-refractivity contribution is 0.0190. The van der Waals surface area contributed by atoms with Crippen molar-refractivity contribution in [2.24, 2.45) is 5.92 Å². The highest BCUT2D eigenvalue weighted by atomic mass is 19.1. The van der Waals surface area contributed by atoms with Crippen LogP contribution < -0.4 is 0 Å². The van der Waals surface area contributed by atoms with E-state index >= 15 is 0 Å². The van der Waals surface area contributed by atoms with Crippen LogP contribution in [0.1, 0.15) is 39.2 Å². The Morgan fingerprint density at radius 1 is 1.32 bits per heavy atom. The second kappa shape index (κ2) is 6.83. The number of nitrogens with zero attached hydrogens (tertiary/aromatic N) is 1.